The molecule has 2 unspecified atom stereocenters. The van der Waals surface area contributed by atoms with Gasteiger partial charge in [-0.2, -0.15) is 9.40 Å². The van der Waals surface area contributed by atoms with Crippen LogP contribution in [0.25, 0.3) is 0 Å². The van der Waals surface area contributed by atoms with Crippen LogP contribution in [0.15, 0.2) is 11.2 Å². The van der Waals surface area contributed by atoms with Gasteiger partial charge in [0.1, 0.15) is 0 Å². The molecule has 18 heavy (non-hydrogen) atoms. The Hall–Kier alpha value is -0.300. The molecule has 1 aromatic heterocycles. The second-order valence-electron chi connectivity index (χ2n) is 4.52. The molecule has 5 nitrogen and oxygen atoms in total. The molecule has 0 radical (unpaired) electrons. The Kier molecular flexibility index (Phi) is 3.92. The maximum Gasteiger partial charge on any atom is 0.262 e. The molecule has 8 heteroatoms. The van der Waals surface area contributed by atoms with Crippen molar-refractivity contribution in [2.24, 2.45) is 13.0 Å². The molecule has 1 fully saturated rings. The lowest BCUT2D eigenvalue weighted by atomic mass is 10.1. The minimum Gasteiger partial charge on any atom is -0.255 e. The Morgan fingerprint density at radius 1 is 1.56 bits per heavy atom. The molecule has 0 aliphatic carbocycles. The van der Waals surface area contributed by atoms with E-state index < -0.39 is 10.0 Å². The van der Waals surface area contributed by atoms with Gasteiger partial charge in [-0.05, 0) is 12.3 Å². The number of aryl methyl sites for hydroxylation is 1. The second-order valence-corrected chi connectivity index (χ2v) is 7.05. The fourth-order valence-electron chi connectivity index (χ4n) is 2.30. The summed E-state index contributed by atoms with van der Waals surface area (Å²) in [6.07, 6.45) is 2.15. The SMILES string of the molecule is CC1CCN(S(=O)(=O)c2c(Cl)cnn2C)C1CCl. The van der Waals surface area contributed by atoms with Crippen molar-refractivity contribution >= 4 is 33.2 Å². The third-order valence-electron chi connectivity index (χ3n) is 3.39. The van der Waals surface area contributed by atoms with Crippen molar-refractivity contribution in [2.75, 3.05) is 12.4 Å². The van der Waals surface area contributed by atoms with Crippen molar-refractivity contribution in [3.05, 3.63) is 11.2 Å². The number of hydrogen-bond donors (Lipinski definition) is 0. The first kappa shape index (κ1) is 14.1. The third kappa shape index (κ3) is 2.15. The lowest BCUT2D eigenvalue weighted by Gasteiger charge is -2.24. The molecule has 0 amide bonds. The Labute approximate surface area is 117 Å². The van der Waals surface area contributed by atoms with Gasteiger partial charge in [0.15, 0.2) is 5.03 Å². The fraction of sp³-hybridized carbons (Fsp3) is 0.700. The summed E-state index contributed by atoms with van der Waals surface area (Å²) < 4.78 is 27.9. The average molecular weight is 312 g/mol. The summed E-state index contributed by atoms with van der Waals surface area (Å²) in [5.74, 6) is 0.542. The van der Waals surface area contributed by atoms with Gasteiger partial charge in [-0.15, -0.1) is 11.6 Å². The van der Waals surface area contributed by atoms with Crippen molar-refractivity contribution in [3.63, 3.8) is 0 Å². The van der Waals surface area contributed by atoms with E-state index in [2.05, 4.69) is 5.10 Å². The molecule has 1 aliphatic heterocycles. The summed E-state index contributed by atoms with van der Waals surface area (Å²) in [7, 11) is -2.07. The smallest absolute Gasteiger partial charge is 0.255 e. The maximum absolute atomic E-state index is 12.6. The summed E-state index contributed by atoms with van der Waals surface area (Å²) in [5.41, 5.74) is 0. The number of aromatic nitrogens is 2. The van der Waals surface area contributed by atoms with Gasteiger partial charge in [-0.3, -0.25) is 4.68 Å². The van der Waals surface area contributed by atoms with Crippen LogP contribution in [0.1, 0.15) is 13.3 Å². The van der Waals surface area contributed by atoms with E-state index in [1.807, 2.05) is 6.92 Å². The third-order valence-corrected chi connectivity index (χ3v) is 6.13. The van der Waals surface area contributed by atoms with E-state index >= 15 is 0 Å². The van der Waals surface area contributed by atoms with Crippen LogP contribution in [0.5, 0.6) is 0 Å². The predicted molar refractivity (Wildman–Crippen MR) is 70.4 cm³/mol. The molecular weight excluding hydrogens is 297 g/mol. The normalized spacial score (nSPS) is 25.8. The van der Waals surface area contributed by atoms with E-state index in [9.17, 15) is 8.42 Å². The summed E-state index contributed by atoms with van der Waals surface area (Å²) in [6.45, 7) is 2.48. The van der Waals surface area contributed by atoms with Gasteiger partial charge in [0.25, 0.3) is 10.0 Å². The van der Waals surface area contributed by atoms with Crippen molar-refractivity contribution in [1.29, 1.82) is 0 Å². The number of alkyl halides is 1. The molecule has 102 valence electrons. The first-order valence-electron chi connectivity index (χ1n) is 5.65. The number of nitrogens with zero attached hydrogens (tertiary/aromatic N) is 3. The second kappa shape index (κ2) is 5.00. The van der Waals surface area contributed by atoms with E-state index in [0.717, 1.165) is 6.42 Å². The molecule has 0 bridgehead atoms. The highest BCUT2D eigenvalue weighted by atomic mass is 35.5. The largest absolute Gasteiger partial charge is 0.262 e. The predicted octanol–water partition coefficient (Wildman–Crippen LogP) is 1.71. The van der Waals surface area contributed by atoms with Crippen molar-refractivity contribution in [1.82, 2.24) is 14.1 Å². The zero-order valence-corrected chi connectivity index (χ0v) is 12.5. The molecule has 0 spiro atoms. The standard InChI is InChI=1S/C10H15Cl2N3O2S/c1-7-3-4-15(9(7)5-11)18(16,17)10-8(12)6-13-14(10)2/h6-7,9H,3-5H2,1-2H3. The van der Waals surface area contributed by atoms with Crippen LogP contribution in [0.4, 0.5) is 0 Å². The van der Waals surface area contributed by atoms with Crippen LogP contribution in [0, 0.1) is 5.92 Å². The van der Waals surface area contributed by atoms with Crippen molar-refractivity contribution < 1.29 is 8.42 Å². The van der Waals surface area contributed by atoms with E-state index in [1.165, 1.54) is 15.2 Å². The molecule has 1 saturated heterocycles. The van der Waals surface area contributed by atoms with Crippen LogP contribution in [0.3, 0.4) is 0 Å². The molecule has 0 saturated carbocycles. The first-order chi connectivity index (χ1) is 8.39. The van der Waals surface area contributed by atoms with Crippen LogP contribution < -0.4 is 0 Å². The molecular formula is C10H15Cl2N3O2S. The molecule has 2 atom stereocenters. The number of rotatable bonds is 3. The summed E-state index contributed by atoms with van der Waals surface area (Å²) in [4.78, 5) is 0. The highest BCUT2D eigenvalue weighted by Gasteiger charge is 2.41. The van der Waals surface area contributed by atoms with Crippen LogP contribution in [0.2, 0.25) is 5.02 Å². The Balaban J connectivity index is 2.44. The molecule has 1 aromatic rings. The minimum absolute atomic E-state index is 0.0355. The topological polar surface area (TPSA) is 55.2 Å². The summed E-state index contributed by atoms with van der Waals surface area (Å²) >= 11 is 11.8. The van der Waals surface area contributed by atoms with E-state index in [4.69, 9.17) is 23.2 Å². The van der Waals surface area contributed by atoms with Gasteiger partial charge in [-0.1, -0.05) is 18.5 Å². The summed E-state index contributed by atoms with van der Waals surface area (Å²) in [6, 6.07) is -0.178. The van der Waals surface area contributed by atoms with E-state index in [1.54, 1.807) is 7.05 Å². The van der Waals surface area contributed by atoms with Gasteiger partial charge < -0.3 is 0 Å². The quantitative estimate of drug-likeness (QED) is 0.799. The Morgan fingerprint density at radius 2 is 2.22 bits per heavy atom. The minimum atomic E-state index is -3.63. The first-order valence-corrected chi connectivity index (χ1v) is 8.00. The van der Waals surface area contributed by atoms with Gasteiger partial charge in [0.2, 0.25) is 0 Å². The van der Waals surface area contributed by atoms with E-state index in [0.29, 0.717) is 6.54 Å². The van der Waals surface area contributed by atoms with Gasteiger partial charge in [0, 0.05) is 25.5 Å². The van der Waals surface area contributed by atoms with Crippen LogP contribution in [-0.4, -0.2) is 41.0 Å². The lowest BCUT2D eigenvalue weighted by molar-refractivity contribution is 0.371. The zero-order chi connectivity index (χ0) is 13.5. The highest BCUT2D eigenvalue weighted by Crippen LogP contribution is 2.32. The Bertz CT molecular complexity index is 524. The maximum atomic E-state index is 12.6. The summed E-state index contributed by atoms with van der Waals surface area (Å²) in [5, 5.41) is 4.05. The van der Waals surface area contributed by atoms with Crippen LogP contribution in [-0.2, 0) is 17.1 Å². The molecule has 1 aliphatic rings. The average Bonchev–Trinajstić information content (AvgIpc) is 2.82. The Morgan fingerprint density at radius 3 is 2.72 bits per heavy atom. The van der Waals surface area contributed by atoms with Crippen molar-refractivity contribution in [2.45, 2.75) is 24.4 Å². The van der Waals surface area contributed by atoms with Gasteiger partial charge >= 0.3 is 0 Å². The molecule has 2 heterocycles. The molecule has 0 N–H and O–H groups in total. The lowest BCUT2D eigenvalue weighted by Crippen LogP contribution is -2.39. The molecule has 2 rings (SSSR count). The number of sulfonamides is 1. The zero-order valence-electron chi connectivity index (χ0n) is 10.2. The molecule has 0 aromatic carbocycles. The van der Waals surface area contributed by atoms with Crippen LogP contribution >= 0.6 is 23.2 Å². The van der Waals surface area contributed by atoms with Gasteiger partial charge in [-0.25, -0.2) is 8.42 Å². The number of hydrogen-bond acceptors (Lipinski definition) is 3. The fourth-order valence-corrected chi connectivity index (χ4v) is 5.20. The highest BCUT2D eigenvalue weighted by molar-refractivity contribution is 7.89. The monoisotopic (exact) mass is 311 g/mol. The van der Waals surface area contributed by atoms with Gasteiger partial charge in [0.05, 0.1) is 11.2 Å². The van der Waals surface area contributed by atoms with Crippen molar-refractivity contribution in [3.8, 4) is 0 Å². The van der Waals surface area contributed by atoms with E-state index in [-0.39, 0.29) is 27.9 Å². The number of halogens is 2.